The minimum absolute atomic E-state index is 0.0609. The van der Waals surface area contributed by atoms with Gasteiger partial charge < -0.3 is 10.2 Å². The van der Waals surface area contributed by atoms with E-state index >= 15 is 0 Å². The predicted molar refractivity (Wildman–Crippen MR) is 93.2 cm³/mol. The summed E-state index contributed by atoms with van der Waals surface area (Å²) < 4.78 is 22.6. The molecule has 2 heterocycles. The van der Waals surface area contributed by atoms with E-state index in [0.29, 0.717) is 13.1 Å². The number of nitrogens with one attached hydrogen (secondary N) is 1. The minimum Gasteiger partial charge on any atom is -0.331 e. The topological polar surface area (TPSA) is 92.5 Å². The summed E-state index contributed by atoms with van der Waals surface area (Å²) >= 11 is 1.74. The number of hydrogen-bond acceptors (Lipinski definition) is 4. The first-order valence-corrected chi connectivity index (χ1v) is 10.0. The predicted octanol–water partition coefficient (Wildman–Crippen LogP) is 2.22. The van der Waals surface area contributed by atoms with Crippen molar-refractivity contribution in [3.8, 4) is 0 Å². The van der Waals surface area contributed by atoms with Crippen LogP contribution in [0.4, 0.5) is 4.79 Å². The number of sulfonamides is 1. The molecule has 0 unspecified atom stereocenters. The normalized spacial score (nSPS) is 15.7. The van der Waals surface area contributed by atoms with Crippen molar-refractivity contribution in [2.75, 3.05) is 6.54 Å². The highest BCUT2D eigenvalue weighted by atomic mass is 32.2. The molecule has 2 amide bonds. The summed E-state index contributed by atoms with van der Waals surface area (Å²) in [5.41, 5.74) is 2.04. The lowest BCUT2D eigenvalue weighted by Gasteiger charge is -2.28. The van der Waals surface area contributed by atoms with Crippen LogP contribution >= 0.6 is 11.3 Å². The molecule has 0 bridgehead atoms. The van der Waals surface area contributed by atoms with Crippen LogP contribution in [0.1, 0.15) is 29.0 Å². The van der Waals surface area contributed by atoms with Crippen molar-refractivity contribution in [2.45, 2.75) is 30.8 Å². The molecular formula is C16H19N3O3S2. The first-order chi connectivity index (χ1) is 11.3. The number of hydrogen-bond donors (Lipinski definition) is 2. The average Bonchev–Trinajstić information content (AvgIpc) is 3.01. The number of rotatable bonds is 3. The second-order valence-corrected chi connectivity index (χ2v) is 8.39. The van der Waals surface area contributed by atoms with Gasteiger partial charge in [0.1, 0.15) is 0 Å². The van der Waals surface area contributed by atoms with Crippen LogP contribution in [-0.2, 0) is 23.0 Å². The lowest BCUT2D eigenvalue weighted by Crippen LogP contribution is -2.43. The Morgan fingerprint density at radius 2 is 2.00 bits per heavy atom. The highest BCUT2D eigenvalue weighted by Crippen LogP contribution is 2.24. The Hall–Kier alpha value is -1.90. The lowest BCUT2D eigenvalue weighted by molar-refractivity contribution is 0.189. The maximum atomic E-state index is 12.4. The SMILES string of the molecule is C[C@@H](NC(=O)N1CCc2sccc2C1)c1ccc(S(N)(=O)=O)cc1. The van der Waals surface area contributed by atoms with E-state index < -0.39 is 10.0 Å². The van der Waals surface area contributed by atoms with Crippen LogP contribution in [0.15, 0.2) is 40.6 Å². The van der Waals surface area contributed by atoms with Crippen LogP contribution in [0.25, 0.3) is 0 Å². The zero-order chi connectivity index (χ0) is 17.3. The van der Waals surface area contributed by atoms with Gasteiger partial charge in [-0.2, -0.15) is 0 Å². The number of urea groups is 1. The highest BCUT2D eigenvalue weighted by Gasteiger charge is 2.22. The standard InChI is InChI=1S/C16H19N3O3S2/c1-11(12-2-4-14(5-3-12)24(17,21)22)18-16(20)19-8-6-15-13(10-19)7-9-23-15/h2-5,7,9,11H,6,8,10H2,1H3,(H,18,20)(H2,17,21,22)/t11-/m1/s1. The monoisotopic (exact) mass is 365 g/mol. The van der Waals surface area contributed by atoms with Crippen molar-refractivity contribution >= 4 is 27.4 Å². The second-order valence-electron chi connectivity index (χ2n) is 5.83. The Kier molecular flexibility index (Phi) is 4.62. The molecule has 0 saturated heterocycles. The third-order valence-electron chi connectivity index (χ3n) is 4.14. The molecule has 24 heavy (non-hydrogen) atoms. The van der Waals surface area contributed by atoms with Gasteiger partial charge in [0.05, 0.1) is 10.9 Å². The van der Waals surface area contributed by atoms with Gasteiger partial charge in [0.2, 0.25) is 10.0 Å². The number of nitrogens with zero attached hydrogens (tertiary/aromatic N) is 1. The van der Waals surface area contributed by atoms with E-state index in [9.17, 15) is 13.2 Å². The Morgan fingerprint density at radius 1 is 1.29 bits per heavy atom. The lowest BCUT2D eigenvalue weighted by atomic mass is 10.1. The first-order valence-electron chi connectivity index (χ1n) is 7.58. The number of carbonyl (C=O) groups excluding carboxylic acids is 1. The van der Waals surface area contributed by atoms with Crippen molar-refractivity contribution in [2.24, 2.45) is 5.14 Å². The second kappa shape index (κ2) is 6.54. The summed E-state index contributed by atoms with van der Waals surface area (Å²) in [6.45, 7) is 3.20. The van der Waals surface area contributed by atoms with Gasteiger partial charge in [-0.25, -0.2) is 18.4 Å². The van der Waals surface area contributed by atoms with E-state index in [1.165, 1.54) is 22.6 Å². The van der Waals surface area contributed by atoms with Crippen molar-refractivity contribution in [1.29, 1.82) is 0 Å². The Labute approximate surface area is 145 Å². The van der Waals surface area contributed by atoms with Crippen LogP contribution in [0.5, 0.6) is 0 Å². The summed E-state index contributed by atoms with van der Waals surface area (Å²) in [4.78, 5) is 15.7. The van der Waals surface area contributed by atoms with Gasteiger partial charge in [-0.3, -0.25) is 0 Å². The van der Waals surface area contributed by atoms with Crippen LogP contribution in [0, 0.1) is 0 Å². The molecule has 1 aliphatic rings. The molecule has 1 aromatic heterocycles. The molecule has 0 radical (unpaired) electrons. The van der Waals surface area contributed by atoms with E-state index in [1.54, 1.807) is 28.4 Å². The van der Waals surface area contributed by atoms with Crippen molar-refractivity contribution in [1.82, 2.24) is 10.2 Å². The number of nitrogens with two attached hydrogens (primary N) is 1. The molecule has 2 aromatic rings. The fraction of sp³-hybridized carbons (Fsp3) is 0.312. The average molecular weight is 365 g/mol. The van der Waals surface area contributed by atoms with E-state index in [4.69, 9.17) is 5.14 Å². The van der Waals surface area contributed by atoms with Gasteiger partial charge in [0.15, 0.2) is 0 Å². The van der Waals surface area contributed by atoms with Gasteiger partial charge in [0, 0.05) is 18.0 Å². The number of fused-ring (bicyclic) bond motifs is 1. The first kappa shape index (κ1) is 16.9. The third-order valence-corrected chi connectivity index (χ3v) is 6.10. The highest BCUT2D eigenvalue weighted by molar-refractivity contribution is 7.89. The Morgan fingerprint density at radius 3 is 2.67 bits per heavy atom. The summed E-state index contributed by atoms with van der Waals surface area (Å²) in [7, 11) is -3.70. The van der Waals surface area contributed by atoms with Gasteiger partial charge in [0.25, 0.3) is 0 Å². The van der Waals surface area contributed by atoms with E-state index in [-0.39, 0.29) is 17.0 Å². The van der Waals surface area contributed by atoms with Gasteiger partial charge in [-0.15, -0.1) is 11.3 Å². The Balaban J connectivity index is 1.64. The molecule has 3 rings (SSSR count). The quantitative estimate of drug-likeness (QED) is 0.873. The van der Waals surface area contributed by atoms with E-state index in [2.05, 4.69) is 16.8 Å². The molecule has 0 fully saturated rings. The maximum absolute atomic E-state index is 12.4. The number of thiophene rings is 1. The van der Waals surface area contributed by atoms with Gasteiger partial charge in [-0.05, 0) is 48.1 Å². The zero-order valence-electron chi connectivity index (χ0n) is 13.2. The number of amides is 2. The molecule has 3 N–H and O–H groups in total. The number of benzene rings is 1. The third kappa shape index (κ3) is 3.61. The van der Waals surface area contributed by atoms with E-state index in [0.717, 1.165) is 12.0 Å². The van der Waals surface area contributed by atoms with Gasteiger partial charge in [-0.1, -0.05) is 12.1 Å². The summed E-state index contributed by atoms with van der Waals surface area (Å²) in [5.74, 6) is 0. The summed E-state index contributed by atoms with van der Waals surface area (Å²) in [5, 5.41) is 10.1. The fourth-order valence-electron chi connectivity index (χ4n) is 2.73. The molecule has 0 aliphatic carbocycles. The summed E-state index contributed by atoms with van der Waals surface area (Å²) in [6.07, 6.45) is 0.887. The molecule has 1 aromatic carbocycles. The molecule has 1 atom stereocenters. The minimum atomic E-state index is -3.70. The number of primary sulfonamides is 1. The van der Waals surface area contributed by atoms with Crippen molar-refractivity contribution in [3.63, 3.8) is 0 Å². The molecular weight excluding hydrogens is 346 g/mol. The Bertz CT molecular complexity index is 844. The summed E-state index contributed by atoms with van der Waals surface area (Å²) in [6, 6.07) is 7.95. The molecule has 6 nitrogen and oxygen atoms in total. The molecule has 0 spiro atoms. The number of carbonyl (C=O) groups is 1. The van der Waals surface area contributed by atoms with Crippen LogP contribution in [0.2, 0.25) is 0 Å². The van der Waals surface area contributed by atoms with Crippen molar-refractivity contribution in [3.05, 3.63) is 51.7 Å². The van der Waals surface area contributed by atoms with Crippen LogP contribution < -0.4 is 10.5 Å². The zero-order valence-corrected chi connectivity index (χ0v) is 14.9. The van der Waals surface area contributed by atoms with Crippen LogP contribution in [0.3, 0.4) is 0 Å². The van der Waals surface area contributed by atoms with Crippen molar-refractivity contribution < 1.29 is 13.2 Å². The molecule has 8 heteroatoms. The largest absolute Gasteiger partial charge is 0.331 e. The van der Waals surface area contributed by atoms with E-state index in [1.807, 2.05) is 6.92 Å². The molecule has 1 aliphatic heterocycles. The molecule has 128 valence electrons. The molecule has 0 saturated carbocycles. The fourth-order valence-corrected chi connectivity index (χ4v) is 4.13. The maximum Gasteiger partial charge on any atom is 0.318 e. The van der Waals surface area contributed by atoms with Crippen LogP contribution in [-0.4, -0.2) is 25.9 Å². The van der Waals surface area contributed by atoms with Gasteiger partial charge >= 0.3 is 6.03 Å². The smallest absolute Gasteiger partial charge is 0.318 e.